The largest absolute Gasteiger partial charge is 0.494 e. The summed E-state index contributed by atoms with van der Waals surface area (Å²) in [5.74, 6) is 1.17. The van der Waals surface area contributed by atoms with Gasteiger partial charge in [0, 0.05) is 18.2 Å². The fraction of sp³-hybridized carbons (Fsp3) is 0.556. The normalized spacial score (nSPS) is 25.1. The topological polar surface area (TPSA) is 53.6 Å². The van der Waals surface area contributed by atoms with Crippen LogP contribution in [0.1, 0.15) is 36.5 Å². The van der Waals surface area contributed by atoms with E-state index in [4.69, 9.17) is 17.0 Å². The number of ether oxygens (including phenoxy) is 1. The van der Waals surface area contributed by atoms with Crippen molar-refractivity contribution in [2.75, 3.05) is 26.2 Å². The zero-order valence-corrected chi connectivity index (χ0v) is 14.9. The Morgan fingerprint density at radius 2 is 2.17 bits per heavy atom. The minimum absolute atomic E-state index is 0.198. The Morgan fingerprint density at radius 3 is 2.83 bits per heavy atom. The summed E-state index contributed by atoms with van der Waals surface area (Å²) in [5, 5.41) is 6.54. The fourth-order valence-corrected chi connectivity index (χ4v) is 3.70. The number of carbonyl (C=O) groups is 1. The molecule has 3 aliphatic heterocycles. The van der Waals surface area contributed by atoms with Crippen LogP contribution >= 0.6 is 12.2 Å². The summed E-state index contributed by atoms with van der Waals surface area (Å²) in [5.41, 5.74) is 0.557. The third-order valence-electron chi connectivity index (χ3n) is 4.77. The Hall–Kier alpha value is -1.66. The molecule has 0 aliphatic carbocycles. The smallest absolute Gasteiger partial charge is 0.257 e. The first-order chi connectivity index (χ1) is 11.7. The molecular formula is C18H25N3O2S. The van der Waals surface area contributed by atoms with Crippen molar-refractivity contribution in [3.05, 3.63) is 29.8 Å². The van der Waals surface area contributed by atoms with Crippen LogP contribution in [-0.4, -0.2) is 48.2 Å². The average Bonchev–Trinajstić information content (AvgIpc) is 2.61. The lowest BCUT2D eigenvalue weighted by Crippen LogP contribution is -2.59. The molecule has 1 amide bonds. The molecule has 0 aromatic heterocycles. The molecule has 6 heteroatoms. The van der Waals surface area contributed by atoms with Crippen molar-refractivity contribution in [3.8, 4) is 5.75 Å². The van der Waals surface area contributed by atoms with Gasteiger partial charge in [0.05, 0.1) is 6.61 Å². The molecule has 130 valence electrons. The number of nitrogens with one attached hydrogen (secondary N) is 2. The van der Waals surface area contributed by atoms with Gasteiger partial charge in [0.25, 0.3) is 5.91 Å². The molecule has 1 aromatic rings. The third-order valence-corrected chi connectivity index (χ3v) is 4.99. The summed E-state index contributed by atoms with van der Waals surface area (Å²) in [6, 6.07) is 7.55. The number of amides is 1. The number of thiocarbonyl (C=S) groups is 1. The number of nitrogens with zero attached hydrogens (tertiary/aromatic N) is 1. The molecule has 3 aliphatic rings. The summed E-state index contributed by atoms with van der Waals surface area (Å²) in [6.45, 7) is 6.08. The molecule has 0 radical (unpaired) electrons. The van der Waals surface area contributed by atoms with Gasteiger partial charge in [0.1, 0.15) is 5.75 Å². The van der Waals surface area contributed by atoms with Crippen LogP contribution in [0.4, 0.5) is 0 Å². The zero-order valence-electron chi connectivity index (χ0n) is 14.1. The van der Waals surface area contributed by atoms with Crippen molar-refractivity contribution >= 4 is 23.2 Å². The quantitative estimate of drug-likeness (QED) is 0.800. The second kappa shape index (κ2) is 7.94. The Labute approximate surface area is 148 Å². The molecule has 1 atom stereocenters. The van der Waals surface area contributed by atoms with Gasteiger partial charge in [-0.2, -0.15) is 0 Å². The van der Waals surface area contributed by atoms with Crippen LogP contribution in [-0.2, 0) is 0 Å². The van der Waals surface area contributed by atoms with Gasteiger partial charge in [-0.3, -0.25) is 10.1 Å². The summed E-state index contributed by atoms with van der Waals surface area (Å²) >= 11 is 5.34. The summed E-state index contributed by atoms with van der Waals surface area (Å²) in [7, 11) is 0. The number of rotatable bonds is 5. The van der Waals surface area contributed by atoms with Crippen LogP contribution in [0.3, 0.4) is 0 Å². The molecule has 0 saturated carbocycles. The zero-order chi connectivity index (χ0) is 16.9. The third kappa shape index (κ3) is 4.24. The first-order valence-corrected chi connectivity index (χ1v) is 9.13. The summed E-state index contributed by atoms with van der Waals surface area (Å²) < 4.78 is 5.57. The van der Waals surface area contributed by atoms with E-state index in [1.807, 2.05) is 12.1 Å². The predicted octanol–water partition coefficient (Wildman–Crippen LogP) is 2.17. The Kier molecular flexibility index (Phi) is 5.68. The number of piperidine rings is 3. The minimum Gasteiger partial charge on any atom is -0.494 e. The highest BCUT2D eigenvalue weighted by Crippen LogP contribution is 2.27. The molecule has 3 heterocycles. The van der Waals surface area contributed by atoms with Gasteiger partial charge in [0.15, 0.2) is 5.11 Å². The maximum atomic E-state index is 12.4. The van der Waals surface area contributed by atoms with Crippen molar-refractivity contribution in [2.24, 2.45) is 5.92 Å². The van der Waals surface area contributed by atoms with Crippen LogP contribution < -0.4 is 15.4 Å². The first-order valence-electron chi connectivity index (χ1n) is 8.72. The van der Waals surface area contributed by atoms with E-state index in [1.165, 1.54) is 25.9 Å². The van der Waals surface area contributed by atoms with Crippen molar-refractivity contribution in [2.45, 2.75) is 32.2 Å². The molecular weight excluding hydrogens is 322 g/mol. The lowest BCUT2D eigenvalue weighted by Gasteiger charge is -2.45. The second-order valence-corrected chi connectivity index (χ2v) is 6.96. The van der Waals surface area contributed by atoms with Gasteiger partial charge in [-0.15, -0.1) is 0 Å². The van der Waals surface area contributed by atoms with Gasteiger partial charge >= 0.3 is 0 Å². The molecule has 4 rings (SSSR count). The highest BCUT2D eigenvalue weighted by atomic mass is 32.1. The van der Waals surface area contributed by atoms with Crippen LogP contribution in [0.5, 0.6) is 5.75 Å². The van der Waals surface area contributed by atoms with E-state index in [9.17, 15) is 4.79 Å². The molecule has 1 unspecified atom stereocenters. The first kappa shape index (κ1) is 17.2. The second-order valence-electron chi connectivity index (χ2n) is 6.55. The predicted molar refractivity (Wildman–Crippen MR) is 98.4 cm³/mol. The standard InChI is InChI=1S/C18H25N3O2S/c1-2-10-23-15-5-3-4-14(11-15)17(22)20-18(24)19-16-12-21-8-6-13(16)7-9-21/h3-5,11,13,16H,2,6-10,12H2,1H3,(H2,19,20,22,24). The maximum absolute atomic E-state index is 12.4. The van der Waals surface area contributed by atoms with E-state index in [-0.39, 0.29) is 5.91 Å². The van der Waals surface area contributed by atoms with Gasteiger partial charge < -0.3 is 15.0 Å². The highest BCUT2D eigenvalue weighted by Gasteiger charge is 2.34. The van der Waals surface area contributed by atoms with E-state index in [1.54, 1.807) is 12.1 Å². The van der Waals surface area contributed by atoms with Crippen molar-refractivity contribution < 1.29 is 9.53 Å². The van der Waals surface area contributed by atoms with E-state index in [0.717, 1.165) is 13.0 Å². The molecule has 0 spiro atoms. The monoisotopic (exact) mass is 347 g/mol. The van der Waals surface area contributed by atoms with Crippen molar-refractivity contribution in [3.63, 3.8) is 0 Å². The van der Waals surface area contributed by atoms with Crippen LogP contribution in [0.15, 0.2) is 24.3 Å². The van der Waals surface area contributed by atoms with Crippen LogP contribution in [0.2, 0.25) is 0 Å². The van der Waals surface area contributed by atoms with Crippen LogP contribution in [0, 0.1) is 5.92 Å². The van der Waals surface area contributed by atoms with Gasteiger partial charge in [-0.1, -0.05) is 13.0 Å². The molecule has 2 N–H and O–H groups in total. The summed E-state index contributed by atoms with van der Waals surface area (Å²) in [6.07, 6.45) is 3.36. The van der Waals surface area contributed by atoms with E-state index in [0.29, 0.717) is 35.0 Å². The van der Waals surface area contributed by atoms with Gasteiger partial charge in [-0.05, 0) is 68.7 Å². The van der Waals surface area contributed by atoms with Crippen molar-refractivity contribution in [1.82, 2.24) is 15.5 Å². The minimum atomic E-state index is -0.198. The SMILES string of the molecule is CCCOc1cccc(C(=O)NC(=S)NC2CN3CCC2CC3)c1. The van der Waals surface area contributed by atoms with Gasteiger partial charge in [-0.25, -0.2) is 0 Å². The van der Waals surface area contributed by atoms with Crippen molar-refractivity contribution in [1.29, 1.82) is 0 Å². The number of benzene rings is 1. The average molecular weight is 347 g/mol. The fourth-order valence-electron chi connectivity index (χ4n) is 3.46. The summed E-state index contributed by atoms with van der Waals surface area (Å²) in [4.78, 5) is 14.8. The van der Waals surface area contributed by atoms with E-state index >= 15 is 0 Å². The number of fused-ring (bicyclic) bond motifs is 3. The highest BCUT2D eigenvalue weighted by molar-refractivity contribution is 7.80. The molecule has 3 saturated heterocycles. The number of hydrogen-bond acceptors (Lipinski definition) is 4. The lowest BCUT2D eigenvalue weighted by atomic mass is 9.84. The van der Waals surface area contributed by atoms with Crippen LogP contribution in [0.25, 0.3) is 0 Å². The molecule has 24 heavy (non-hydrogen) atoms. The molecule has 2 bridgehead atoms. The van der Waals surface area contributed by atoms with Gasteiger partial charge in [0.2, 0.25) is 0 Å². The Morgan fingerprint density at radius 1 is 1.38 bits per heavy atom. The molecule has 3 fully saturated rings. The molecule has 5 nitrogen and oxygen atoms in total. The Bertz CT molecular complexity index is 600. The van der Waals surface area contributed by atoms with E-state index < -0.39 is 0 Å². The Balaban J connectivity index is 1.53. The lowest BCUT2D eigenvalue weighted by molar-refractivity contribution is 0.0807. The maximum Gasteiger partial charge on any atom is 0.257 e. The molecule has 1 aromatic carbocycles. The number of carbonyl (C=O) groups excluding carboxylic acids is 1. The number of hydrogen-bond donors (Lipinski definition) is 2. The van der Waals surface area contributed by atoms with E-state index in [2.05, 4.69) is 22.5 Å².